The number of piperidine rings is 1. The molecule has 1 fully saturated rings. The van der Waals surface area contributed by atoms with Gasteiger partial charge in [-0.1, -0.05) is 0 Å². The number of nitrogens with one attached hydrogen (secondary N) is 2. The fourth-order valence-corrected chi connectivity index (χ4v) is 4.20. The van der Waals surface area contributed by atoms with Crippen LogP contribution in [0.15, 0.2) is 11.1 Å². The second kappa shape index (κ2) is 9.79. The fourth-order valence-electron chi connectivity index (χ4n) is 3.21. The Hall–Kier alpha value is -1.82. The number of aliphatic imine (C=N–C) groups is 1. The van der Waals surface area contributed by atoms with E-state index in [2.05, 4.69) is 20.7 Å². The molecule has 2 N–H and O–H groups in total. The number of nitrogens with zero attached hydrogens (tertiary/aromatic N) is 4. The van der Waals surface area contributed by atoms with Gasteiger partial charge < -0.3 is 10.6 Å². The van der Waals surface area contributed by atoms with Crippen LogP contribution in [0, 0.1) is 13.8 Å². The van der Waals surface area contributed by atoms with Crippen molar-refractivity contribution in [1.29, 1.82) is 0 Å². The lowest BCUT2D eigenvalue weighted by Gasteiger charge is -2.32. The second-order valence-corrected chi connectivity index (χ2v) is 8.96. The lowest BCUT2D eigenvalue weighted by atomic mass is 10.1. The molecule has 2 heterocycles. The van der Waals surface area contributed by atoms with E-state index in [1.807, 2.05) is 31.5 Å². The van der Waals surface area contributed by atoms with Crippen molar-refractivity contribution in [3.63, 3.8) is 0 Å². The van der Waals surface area contributed by atoms with Crippen molar-refractivity contribution < 1.29 is 21.6 Å². The van der Waals surface area contributed by atoms with Crippen LogP contribution in [0.2, 0.25) is 0 Å². The number of aryl methyl sites for hydroxylation is 3. The summed E-state index contributed by atoms with van der Waals surface area (Å²) in [6.07, 6.45) is 1.36. The molecule has 166 valence electrons. The number of sulfonamides is 1. The first-order chi connectivity index (χ1) is 13.5. The van der Waals surface area contributed by atoms with Gasteiger partial charge in [-0.3, -0.25) is 9.67 Å². The van der Waals surface area contributed by atoms with Crippen molar-refractivity contribution in [2.45, 2.75) is 58.1 Å². The Bertz CT molecular complexity index is 799. The van der Waals surface area contributed by atoms with E-state index in [9.17, 15) is 21.6 Å². The summed E-state index contributed by atoms with van der Waals surface area (Å²) >= 11 is 0. The Morgan fingerprint density at radius 3 is 2.48 bits per heavy atom. The minimum atomic E-state index is -5.26. The van der Waals surface area contributed by atoms with Crippen molar-refractivity contribution in [2.75, 3.05) is 26.2 Å². The molecule has 0 spiro atoms. The van der Waals surface area contributed by atoms with E-state index in [-0.39, 0.29) is 32.0 Å². The molecule has 12 heteroatoms. The molecule has 0 amide bonds. The van der Waals surface area contributed by atoms with Crippen molar-refractivity contribution >= 4 is 16.0 Å². The molecule has 0 radical (unpaired) electrons. The zero-order valence-electron chi connectivity index (χ0n) is 17.0. The SMILES string of the molecule is CCNC(=NCCCn1nc(C)cc1C)NC1CCN(S(=O)(=O)C(F)(F)F)CC1. The third kappa shape index (κ3) is 6.33. The molecule has 0 aromatic carbocycles. The van der Waals surface area contributed by atoms with Gasteiger partial charge in [0, 0.05) is 44.5 Å². The molecule has 0 bridgehead atoms. The summed E-state index contributed by atoms with van der Waals surface area (Å²) in [6.45, 7) is 7.48. The van der Waals surface area contributed by atoms with Gasteiger partial charge in [-0.25, -0.2) is 8.42 Å². The summed E-state index contributed by atoms with van der Waals surface area (Å²) in [4.78, 5) is 4.51. The smallest absolute Gasteiger partial charge is 0.357 e. The maximum absolute atomic E-state index is 12.7. The summed E-state index contributed by atoms with van der Waals surface area (Å²) in [5, 5.41) is 10.7. The highest BCUT2D eigenvalue weighted by molar-refractivity contribution is 7.90. The zero-order valence-corrected chi connectivity index (χ0v) is 17.8. The van der Waals surface area contributed by atoms with Crippen molar-refractivity contribution in [1.82, 2.24) is 24.7 Å². The third-order valence-electron chi connectivity index (χ3n) is 4.67. The Labute approximate surface area is 169 Å². The predicted octanol–water partition coefficient (Wildman–Crippen LogP) is 1.76. The van der Waals surface area contributed by atoms with Crippen LogP contribution in [0.3, 0.4) is 0 Å². The van der Waals surface area contributed by atoms with Crippen LogP contribution in [0.1, 0.15) is 37.6 Å². The highest BCUT2D eigenvalue weighted by atomic mass is 32.2. The number of alkyl halides is 3. The Balaban J connectivity index is 1.84. The average molecular weight is 439 g/mol. The first-order valence-corrected chi connectivity index (χ1v) is 11.1. The van der Waals surface area contributed by atoms with E-state index in [0.717, 1.165) is 24.4 Å². The summed E-state index contributed by atoms with van der Waals surface area (Å²) in [5.41, 5.74) is -3.19. The van der Waals surface area contributed by atoms with Gasteiger partial charge in [-0.15, -0.1) is 0 Å². The molecular formula is C17H29F3N6O2S. The van der Waals surface area contributed by atoms with E-state index < -0.39 is 15.5 Å². The normalized spacial score (nSPS) is 17.5. The monoisotopic (exact) mass is 438 g/mol. The number of rotatable bonds is 7. The fraction of sp³-hybridized carbons (Fsp3) is 0.765. The standard InChI is InChI=1S/C17H29F3N6O2S/c1-4-21-16(22-8-5-9-26-14(3)12-13(2)24-26)23-15-6-10-25(11-7-15)29(27,28)17(18,19)20/h12,15H,4-11H2,1-3H3,(H2,21,22,23). The summed E-state index contributed by atoms with van der Waals surface area (Å²) in [7, 11) is -5.26. The van der Waals surface area contributed by atoms with E-state index >= 15 is 0 Å². The van der Waals surface area contributed by atoms with Crippen LogP contribution < -0.4 is 10.6 Å². The van der Waals surface area contributed by atoms with Crippen molar-refractivity contribution in [3.8, 4) is 0 Å². The van der Waals surface area contributed by atoms with Crippen molar-refractivity contribution in [3.05, 3.63) is 17.5 Å². The lowest BCUT2D eigenvalue weighted by Crippen LogP contribution is -2.51. The highest BCUT2D eigenvalue weighted by Gasteiger charge is 2.50. The number of hydrogen-bond donors (Lipinski definition) is 2. The lowest BCUT2D eigenvalue weighted by molar-refractivity contribution is -0.0494. The molecule has 0 saturated carbocycles. The molecule has 1 aliphatic rings. The zero-order chi connectivity index (χ0) is 21.7. The van der Waals surface area contributed by atoms with Gasteiger partial charge in [-0.05, 0) is 46.1 Å². The van der Waals surface area contributed by atoms with E-state index in [1.165, 1.54) is 0 Å². The maximum Gasteiger partial charge on any atom is 0.511 e. The molecule has 1 saturated heterocycles. The predicted molar refractivity (Wildman–Crippen MR) is 105 cm³/mol. The van der Waals surface area contributed by atoms with E-state index in [0.29, 0.717) is 23.4 Å². The van der Waals surface area contributed by atoms with Crippen LogP contribution in [0.25, 0.3) is 0 Å². The van der Waals surface area contributed by atoms with Crippen LogP contribution in [0.4, 0.5) is 13.2 Å². The average Bonchev–Trinajstić information content (AvgIpc) is 2.95. The quantitative estimate of drug-likeness (QED) is 0.385. The molecule has 1 aromatic heterocycles. The number of aromatic nitrogens is 2. The molecule has 0 unspecified atom stereocenters. The molecule has 1 aliphatic heterocycles. The minimum absolute atomic E-state index is 0.136. The minimum Gasteiger partial charge on any atom is -0.357 e. The molecular weight excluding hydrogens is 409 g/mol. The Kier molecular flexibility index (Phi) is 7.92. The van der Waals surface area contributed by atoms with E-state index in [4.69, 9.17) is 0 Å². The van der Waals surface area contributed by atoms with Gasteiger partial charge in [0.1, 0.15) is 0 Å². The van der Waals surface area contributed by atoms with Gasteiger partial charge in [-0.2, -0.15) is 22.6 Å². The van der Waals surface area contributed by atoms with Crippen LogP contribution in [-0.4, -0.2) is 66.2 Å². The molecule has 0 atom stereocenters. The number of hydrogen-bond acceptors (Lipinski definition) is 4. The van der Waals surface area contributed by atoms with Crippen LogP contribution in [-0.2, 0) is 16.6 Å². The first-order valence-electron chi connectivity index (χ1n) is 9.67. The molecule has 1 aromatic rings. The number of guanidine groups is 1. The maximum atomic E-state index is 12.7. The molecule has 0 aliphatic carbocycles. The van der Waals surface area contributed by atoms with Crippen LogP contribution in [0.5, 0.6) is 0 Å². The van der Waals surface area contributed by atoms with Crippen molar-refractivity contribution in [2.24, 2.45) is 4.99 Å². The Morgan fingerprint density at radius 1 is 1.31 bits per heavy atom. The summed E-state index contributed by atoms with van der Waals surface area (Å²) < 4.78 is 63.4. The van der Waals surface area contributed by atoms with Gasteiger partial charge in [0.05, 0.1) is 5.69 Å². The summed E-state index contributed by atoms with van der Waals surface area (Å²) in [5.74, 6) is 0.581. The largest absolute Gasteiger partial charge is 0.511 e. The van der Waals surface area contributed by atoms with E-state index in [1.54, 1.807) is 0 Å². The summed E-state index contributed by atoms with van der Waals surface area (Å²) in [6, 6.07) is 1.88. The van der Waals surface area contributed by atoms with Gasteiger partial charge in [0.2, 0.25) is 0 Å². The first kappa shape index (κ1) is 23.5. The molecule has 8 nitrogen and oxygen atoms in total. The van der Waals surface area contributed by atoms with Gasteiger partial charge in [0.25, 0.3) is 0 Å². The highest BCUT2D eigenvalue weighted by Crippen LogP contribution is 2.28. The second-order valence-electron chi connectivity index (χ2n) is 7.03. The molecule has 29 heavy (non-hydrogen) atoms. The van der Waals surface area contributed by atoms with Gasteiger partial charge >= 0.3 is 15.5 Å². The number of halogens is 3. The molecule has 2 rings (SSSR count). The van der Waals surface area contributed by atoms with Gasteiger partial charge in [0.15, 0.2) is 5.96 Å². The Morgan fingerprint density at radius 2 is 1.97 bits per heavy atom. The topological polar surface area (TPSA) is 91.6 Å². The third-order valence-corrected chi connectivity index (χ3v) is 6.30. The van der Waals surface area contributed by atoms with Crippen LogP contribution >= 0.6 is 0 Å².